The highest BCUT2D eigenvalue weighted by Gasteiger charge is 2.19. The summed E-state index contributed by atoms with van der Waals surface area (Å²) < 4.78 is 0. The second-order valence-electron chi connectivity index (χ2n) is 4.16. The summed E-state index contributed by atoms with van der Waals surface area (Å²) in [5, 5.41) is 5.85. The van der Waals surface area contributed by atoms with E-state index in [0.29, 0.717) is 5.56 Å². The molecule has 1 amide bonds. The minimum atomic E-state index is -0.775. The second-order valence-corrected chi connectivity index (χ2v) is 5.33. The van der Waals surface area contributed by atoms with Crippen LogP contribution in [-0.2, 0) is 0 Å². The van der Waals surface area contributed by atoms with E-state index in [0.717, 1.165) is 5.69 Å². The van der Waals surface area contributed by atoms with E-state index in [1.165, 1.54) is 0 Å². The number of benzene rings is 2. The van der Waals surface area contributed by atoms with Gasteiger partial charge in [0.25, 0.3) is 5.91 Å². The first-order chi connectivity index (χ1) is 9.66. The molecule has 0 aliphatic rings. The van der Waals surface area contributed by atoms with Crippen molar-refractivity contribution in [1.82, 2.24) is 5.32 Å². The van der Waals surface area contributed by atoms with Crippen molar-refractivity contribution < 1.29 is 4.79 Å². The van der Waals surface area contributed by atoms with E-state index in [4.69, 9.17) is 23.2 Å². The number of rotatable bonds is 5. The van der Waals surface area contributed by atoms with Gasteiger partial charge in [-0.1, -0.05) is 36.4 Å². The first-order valence-corrected chi connectivity index (χ1v) is 7.00. The van der Waals surface area contributed by atoms with Crippen molar-refractivity contribution in [1.29, 1.82) is 0 Å². The lowest BCUT2D eigenvalue weighted by atomic mass is 10.2. The summed E-state index contributed by atoms with van der Waals surface area (Å²) in [7, 11) is 0. The number of anilines is 1. The monoisotopic (exact) mass is 308 g/mol. The number of alkyl halides is 2. The maximum absolute atomic E-state index is 12.1. The second kappa shape index (κ2) is 7.17. The Balaban J connectivity index is 2.05. The topological polar surface area (TPSA) is 41.1 Å². The molecule has 2 aromatic carbocycles. The van der Waals surface area contributed by atoms with E-state index in [2.05, 4.69) is 10.6 Å². The summed E-state index contributed by atoms with van der Waals surface area (Å²) >= 11 is 11.8. The van der Waals surface area contributed by atoms with Crippen LogP contribution in [0.5, 0.6) is 0 Å². The van der Waals surface area contributed by atoms with Crippen LogP contribution in [0.25, 0.3) is 0 Å². The summed E-state index contributed by atoms with van der Waals surface area (Å²) in [6.45, 7) is 0. The Labute approximate surface area is 127 Å². The fourth-order valence-electron chi connectivity index (χ4n) is 1.69. The van der Waals surface area contributed by atoms with Crippen molar-refractivity contribution in [2.45, 2.75) is 11.0 Å². The molecule has 0 bridgehead atoms. The van der Waals surface area contributed by atoms with Gasteiger partial charge in [-0.2, -0.15) is 0 Å². The maximum Gasteiger partial charge on any atom is 0.252 e. The van der Waals surface area contributed by atoms with Crippen LogP contribution in [0, 0.1) is 0 Å². The number of hydrogen-bond donors (Lipinski definition) is 2. The molecule has 0 aliphatic carbocycles. The third-order valence-electron chi connectivity index (χ3n) is 2.67. The lowest BCUT2D eigenvalue weighted by Gasteiger charge is -2.22. The van der Waals surface area contributed by atoms with Crippen LogP contribution in [0.15, 0.2) is 60.7 Å². The molecule has 0 heterocycles. The average molecular weight is 309 g/mol. The van der Waals surface area contributed by atoms with Crippen LogP contribution < -0.4 is 10.6 Å². The van der Waals surface area contributed by atoms with Gasteiger partial charge in [0.1, 0.15) is 11.0 Å². The van der Waals surface area contributed by atoms with E-state index in [1.807, 2.05) is 36.4 Å². The van der Waals surface area contributed by atoms with Crippen molar-refractivity contribution in [2.75, 3.05) is 5.32 Å². The number of para-hydroxylation sites is 1. The van der Waals surface area contributed by atoms with E-state index in [1.54, 1.807) is 24.3 Å². The predicted octanol–water partition coefficient (Wildman–Crippen LogP) is 3.66. The van der Waals surface area contributed by atoms with Crippen LogP contribution in [-0.4, -0.2) is 16.9 Å². The first kappa shape index (κ1) is 14.7. The largest absolute Gasteiger partial charge is 0.363 e. The molecule has 20 heavy (non-hydrogen) atoms. The van der Waals surface area contributed by atoms with Crippen molar-refractivity contribution in [3.63, 3.8) is 0 Å². The molecule has 0 aromatic heterocycles. The fourth-order valence-corrected chi connectivity index (χ4v) is 1.94. The Morgan fingerprint density at radius 3 is 2.00 bits per heavy atom. The molecule has 0 saturated heterocycles. The molecule has 0 spiro atoms. The lowest BCUT2D eigenvalue weighted by molar-refractivity contribution is 0.0943. The Bertz CT molecular complexity index is 546. The van der Waals surface area contributed by atoms with E-state index in [-0.39, 0.29) is 5.91 Å². The zero-order valence-corrected chi connectivity index (χ0v) is 12.1. The SMILES string of the molecule is O=C(NC(Nc1ccccc1)C(Cl)Cl)c1ccccc1. The zero-order valence-electron chi connectivity index (χ0n) is 10.6. The van der Waals surface area contributed by atoms with Crippen LogP contribution >= 0.6 is 23.2 Å². The Hall–Kier alpha value is -1.71. The van der Waals surface area contributed by atoms with Gasteiger partial charge in [0, 0.05) is 11.3 Å². The Morgan fingerprint density at radius 1 is 0.900 bits per heavy atom. The molecule has 1 atom stereocenters. The molecule has 5 heteroatoms. The van der Waals surface area contributed by atoms with Gasteiger partial charge in [0.15, 0.2) is 0 Å². The quantitative estimate of drug-likeness (QED) is 0.654. The van der Waals surface area contributed by atoms with Crippen LogP contribution in [0.1, 0.15) is 10.4 Å². The molecule has 1 unspecified atom stereocenters. The molecule has 0 saturated carbocycles. The summed E-state index contributed by atoms with van der Waals surface area (Å²) in [4.78, 5) is 11.3. The molecular weight excluding hydrogens is 295 g/mol. The molecule has 2 N–H and O–H groups in total. The highest BCUT2D eigenvalue weighted by atomic mass is 35.5. The number of nitrogens with one attached hydrogen (secondary N) is 2. The molecule has 0 radical (unpaired) electrons. The number of carbonyl (C=O) groups is 1. The Morgan fingerprint density at radius 2 is 1.45 bits per heavy atom. The van der Waals surface area contributed by atoms with Crippen molar-refractivity contribution in [2.24, 2.45) is 0 Å². The minimum Gasteiger partial charge on any atom is -0.363 e. The molecule has 0 fully saturated rings. The number of amides is 1. The van der Waals surface area contributed by atoms with Gasteiger partial charge < -0.3 is 10.6 Å². The third-order valence-corrected chi connectivity index (χ3v) is 3.17. The average Bonchev–Trinajstić information content (AvgIpc) is 2.48. The van der Waals surface area contributed by atoms with Gasteiger partial charge in [-0.15, -0.1) is 23.2 Å². The van der Waals surface area contributed by atoms with E-state index in [9.17, 15) is 4.79 Å². The number of carbonyl (C=O) groups excluding carboxylic acids is 1. The summed E-state index contributed by atoms with van der Waals surface area (Å²) in [5.74, 6) is -0.231. The normalized spacial score (nSPS) is 11.9. The summed E-state index contributed by atoms with van der Waals surface area (Å²) in [5.41, 5.74) is 1.39. The minimum absolute atomic E-state index is 0.231. The van der Waals surface area contributed by atoms with Crippen LogP contribution in [0.2, 0.25) is 0 Å². The maximum atomic E-state index is 12.1. The van der Waals surface area contributed by atoms with Gasteiger partial charge in [-0.05, 0) is 24.3 Å². The van der Waals surface area contributed by atoms with Crippen molar-refractivity contribution in [3.05, 3.63) is 66.2 Å². The molecular formula is C15H14Cl2N2O. The Kier molecular flexibility index (Phi) is 5.27. The number of halogens is 2. The highest BCUT2D eigenvalue weighted by molar-refractivity contribution is 6.45. The summed E-state index contributed by atoms with van der Waals surface area (Å²) in [6, 6.07) is 18.3. The smallest absolute Gasteiger partial charge is 0.252 e. The van der Waals surface area contributed by atoms with Gasteiger partial charge in [0.05, 0.1) is 0 Å². The predicted molar refractivity (Wildman–Crippen MR) is 83.3 cm³/mol. The third kappa shape index (κ3) is 4.15. The lowest BCUT2D eigenvalue weighted by Crippen LogP contribution is -2.44. The molecule has 3 nitrogen and oxygen atoms in total. The highest BCUT2D eigenvalue weighted by Crippen LogP contribution is 2.14. The van der Waals surface area contributed by atoms with Gasteiger partial charge in [-0.3, -0.25) is 4.79 Å². The van der Waals surface area contributed by atoms with Crippen LogP contribution in [0.3, 0.4) is 0 Å². The fraction of sp³-hybridized carbons (Fsp3) is 0.133. The van der Waals surface area contributed by atoms with Gasteiger partial charge in [0.2, 0.25) is 0 Å². The van der Waals surface area contributed by atoms with Crippen molar-refractivity contribution in [3.8, 4) is 0 Å². The van der Waals surface area contributed by atoms with Gasteiger partial charge >= 0.3 is 0 Å². The molecule has 104 valence electrons. The standard InChI is InChI=1S/C15H14Cl2N2O/c16-13(17)14(18-12-9-5-2-6-10-12)19-15(20)11-7-3-1-4-8-11/h1-10,13-14,18H,(H,19,20). The summed E-state index contributed by atoms with van der Waals surface area (Å²) in [6.07, 6.45) is -0.576. The van der Waals surface area contributed by atoms with E-state index < -0.39 is 11.0 Å². The first-order valence-electron chi connectivity index (χ1n) is 6.12. The van der Waals surface area contributed by atoms with Gasteiger partial charge in [-0.25, -0.2) is 0 Å². The van der Waals surface area contributed by atoms with Crippen molar-refractivity contribution >= 4 is 34.8 Å². The molecule has 0 aliphatic heterocycles. The molecule has 2 aromatic rings. The molecule has 2 rings (SSSR count). The van der Waals surface area contributed by atoms with Crippen LogP contribution in [0.4, 0.5) is 5.69 Å². The zero-order chi connectivity index (χ0) is 14.4. The number of hydrogen-bond acceptors (Lipinski definition) is 2. The van der Waals surface area contributed by atoms with E-state index >= 15 is 0 Å².